The minimum absolute atomic E-state index is 0.0306. The number of piperidine rings is 1. The van der Waals surface area contributed by atoms with Crippen molar-refractivity contribution < 1.29 is 9.59 Å². The van der Waals surface area contributed by atoms with Gasteiger partial charge in [0.2, 0.25) is 11.8 Å². The van der Waals surface area contributed by atoms with Gasteiger partial charge in [0.1, 0.15) is 0 Å². The zero-order valence-corrected chi connectivity index (χ0v) is 18.7. The minimum Gasteiger partial charge on any atom is -0.352 e. The summed E-state index contributed by atoms with van der Waals surface area (Å²) < 4.78 is 0. The van der Waals surface area contributed by atoms with Crippen molar-refractivity contribution in [1.82, 2.24) is 20.0 Å². The van der Waals surface area contributed by atoms with Gasteiger partial charge in [-0.05, 0) is 57.8 Å². The van der Waals surface area contributed by atoms with Gasteiger partial charge in [-0.3, -0.25) is 14.5 Å². The number of rotatable bonds is 7. The quantitative estimate of drug-likeness (QED) is 0.661. The van der Waals surface area contributed by atoms with Crippen molar-refractivity contribution in [2.75, 3.05) is 52.4 Å². The molecule has 1 saturated carbocycles. The van der Waals surface area contributed by atoms with Crippen molar-refractivity contribution in [3.63, 3.8) is 0 Å². The molecule has 0 unspecified atom stereocenters. The molecule has 3 rings (SSSR count). The van der Waals surface area contributed by atoms with E-state index < -0.39 is 0 Å². The van der Waals surface area contributed by atoms with Crippen LogP contribution in [0.1, 0.15) is 52.9 Å². The van der Waals surface area contributed by atoms with Gasteiger partial charge in [-0.2, -0.15) is 0 Å². The molecule has 2 amide bonds. The molecule has 0 atom stereocenters. The van der Waals surface area contributed by atoms with Crippen molar-refractivity contribution >= 4 is 11.8 Å². The third-order valence-electron chi connectivity index (χ3n) is 7.34. The molecule has 2 saturated heterocycles. The molecule has 6 nitrogen and oxygen atoms in total. The normalized spacial score (nSPS) is 23.2. The first-order valence-electron chi connectivity index (χ1n) is 11.5. The third-order valence-corrected chi connectivity index (χ3v) is 7.34. The van der Waals surface area contributed by atoms with E-state index in [0.717, 1.165) is 65.2 Å². The highest BCUT2D eigenvalue weighted by Crippen LogP contribution is 2.52. The number of nitrogens with zero attached hydrogens (tertiary/aromatic N) is 3. The van der Waals surface area contributed by atoms with Gasteiger partial charge in [-0.1, -0.05) is 6.58 Å². The van der Waals surface area contributed by atoms with E-state index in [1.165, 1.54) is 12.8 Å². The minimum atomic E-state index is -0.0306. The summed E-state index contributed by atoms with van der Waals surface area (Å²) in [5, 5.41) is 2.98. The van der Waals surface area contributed by atoms with Crippen molar-refractivity contribution in [1.29, 1.82) is 0 Å². The zero-order valence-electron chi connectivity index (χ0n) is 18.7. The van der Waals surface area contributed by atoms with Crippen LogP contribution in [0.2, 0.25) is 0 Å². The van der Waals surface area contributed by atoms with Crippen molar-refractivity contribution in [3.8, 4) is 0 Å². The molecule has 29 heavy (non-hydrogen) atoms. The van der Waals surface area contributed by atoms with E-state index in [1.54, 1.807) is 6.92 Å². The van der Waals surface area contributed by atoms with Crippen LogP contribution in [0.25, 0.3) is 0 Å². The van der Waals surface area contributed by atoms with Crippen LogP contribution in [0.5, 0.6) is 0 Å². The average molecular weight is 405 g/mol. The SMILES string of the molecule is C=C(C)C(=O)NCC1CC2(CCN(C(=O)CCN3CCN(C(C)C)CC3)CC2)C1. The Labute approximate surface area is 176 Å². The average Bonchev–Trinajstić information content (AvgIpc) is 2.69. The summed E-state index contributed by atoms with van der Waals surface area (Å²) in [6, 6.07) is 0.618. The van der Waals surface area contributed by atoms with Crippen LogP contribution >= 0.6 is 0 Å². The number of carbonyl (C=O) groups excluding carboxylic acids is 2. The maximum absolute atomic E-state index is 12.7. The topological polar surface area (TPSA) is 55.9 Å². The van der Waals surface area contributed by atoms with Gasteiger partial charge in [0.05, 0.1) is 0 Å². The van der Waals surface area contributed by atoms with Crippen LogP contribution in [0.4, 0.5) is 0 Å². The smallest absolute Gasteiger partial charge is 0.246 e. The van der Waals surface area contributed by atoms with E-state index in [2.05, 4.69) is 40.4 Å². The van der Waals surface area contributed by atoms with Crippen LogP contribution in [0.3, 0.4) is 0 Å². The maximum Gasteiger partial charge on any atom is 0.246 e. The standard InChI is InChI=1S/C23H40N4O2/c1-18(2)22(29)24-17-20-15-23(16-20)6-9-27(10-7-23)21(28)5-8-25-11-13-26(14-12-25)19(3)4/h19-20H,1,5-17H2,2-4H3,(H,24,29). The maximum atomic E-state index is 12.7. The third kappa shape index (κ3) is 5.82. The van der Waals surface area contributed by atoms with E-state index in [1.807, 2.05) is 0 Å². The first-order valence-corrected chi connectivity index (χ1v) is 11.5. The van der Waals surface area contributed by atoms with E-state index in [-0.39, 0.29) is 5.91 Å². The molecule has 1 aliphatic carbocycles. The summed E-state index contributed by atoms with van der Waals surface area (Å²) in [6.45, 7) is 17.8. The molecule has 0 aromatic heterocycles. The van der Waals surface area contributed by atoms with Crippen LogP contribution < -0.4 is 5.32 Å². The number of hydrogen-bond acceptors (Lipinski definition) is 4. The van der Waals surface area contributed by atoms with Crippen molar-refractivity contribution in [2.45, 2.75) is 58.9 Å². The summed E-state index contributed by atoms with van der Waals surface area (Å²) in [5.41, 5.74) is 0.996. The molecule has 0 bridgehead atoms. The van der Waals surface area contributed by atoms with E-state index in [9.17, 15) is 9.59 Å². The Hall–Kier alpha value is -1.40. The number of carbonyl (C=O) groups is 2. The Morgan fingerprint density at radius 2 is 1.69 bits per heavy atom. The van der Waals surface area contributed by atoms with Crippen LogP contribution in [-0.2, 0) is 9.59 Å². The van der Waals surface area contributed by atoms with Crippen LogP contribution in [0, 0.1) is 11.3 Å². The molecule has 1 spiro atoms. The summed E-state index contributed by atoms with van der Waals surface area (Å²) in [7, 11) is 0. The van der Waals surface area contributed by atoms with Crippen molar-refractivity contribution in [2.24, 2.45) is 11.3 Å². The highest BCUT2D eigenvalue weighted by atomic mass is 16.2. The Morgan fingerprint density at radius 3 is 2.24 bits per heavy atom. The highest BCUT2D eigenvalue weighted by Gasteiger charge is 2.46. The van der Waals surface area contributed by atoms with Crippen LogP contribution in [-0.4, -0.2) is 84.9 Å². The Kier molecular flexibility index (Phi) is 7.38. The lowest BCUT2D eigenvalue weighted by Crippen LogP contribution is -2.52. The lowest BCUT2D eigenvalue weighted by atomic mass is 9.57. The Balaban J connectivity index is 1.30. The van der Waals surface area contributed by atoms with Gasteiger partial charge >= 0.3 is 0 Å². The molecule has 6 heteroatoms. The number of hydrogen-bond donors (Lipinski definition) is 1. The molecular formula is C23H40N4O2. The second-order valence-electron chi connectivity index (χ2n) is 9.87. The highest BCUT2D eigenvalue weighted by molar-refractivity contribution is 5.92. The molecule has 0 radical (unpaired) electrons. The number of amides is 2. The number of nitrogens with one attached hydrogen (secondary N) is 1. The molecule has 3 aliphatic rings. The predicted octanol–water partition coefficient (Wildman–Crippen LogP) is 2.11. The second kappa shape index (κ2) is 9.61. The molecule has 2 heterocycles. The number of piperazine rings is 1. The van der Waals surface area contributed by atoms with Gasteiger partial charge in [0, 0.05) is 70.4 Å². The van der Waals surface area contributed by atoms with Gasteiger partial charge in [0.25, 0.3) is 0 Å². The van der Waals surface area contributed by atoms with E-state index in [0.29, 0.717) is 35.3 Å². The first kappa shape index (κ1) is 22.3. The summed E-state index contributed by atoms with van der Waals surface area (Å²) in [6.07, 6.45) is 5.27. The molecule has 2 aliphatic heterocycles. The molecule has 0 aromatic carbocycles. The van der Waals surface area contributed by atoms with Gasteiger partial charge in [0.15, 0.2) is 0 Å². The first-order chi connectivity index (χ1) is 13.8. The lowest BCUT2D eigenvalue weighted by Gasteiger charge is -2.52. The van der Waals surface area contributed by atoms with E-state index in [4.69, 9.17) is 0 Å². The second-order valence-corrected chi connectivity index (χ2v) is 9.87. The van der Waals surface area contributed by atoms with Gasteiger partial charge in [-0.25, -0.2) is 0 Å². The molecule has 0 aromatic rings. The molecule has 1 N–H and O–H groups in total. The fraction of sp³-hybridized carbons (Fsp3) is 0.826. The Morgan fingerprint density at radius 1 is 1.07 bits per heavy atom. The monoisotopic (exact) mass is 404 g/mol. The van der Waals surface area contributed by atoms with Crippen LogP contribution in [0.15, 0.2) is 12.2 Å². The lowest BCUT2D eigenvalue weighted by molar-refractivity contribution is -0.136. The fourth-order valence-corrected chi connectivity index (χ4v) is 5.25. The van der Waals surface area contributed by atoms with Gasteiger partial charge < -0.3 is 15.1 Å². The summed E-state index contributed by atoms with van der Waals surface area (Å²) in [5.74, 6) is 0.887. The van der Waals surface area contributed by atoms with Gasteiger partial charge in [-0.15, -0.1) is 0 Å². The predicted molar refractivity (Wildman–Crippen MR) is 117 cm³/mol. The number of likely N-dealkylation sites (tertiary alicyclic amines) is 1. The van der Waals surface area contributed by atoms with Crippen molar-refractivity contribution in [3.05, 3.63) is 12.2 Å². The summed E-state index contributed by atoms with van der Waals surface area (Å²) in [4.78, 5) is 31.3. The molecule has 164 valence electrons. The summed E-state index contributed by atoms with van der Waals surface area (Å²) >= 11 is 0. The molecule has 3 fully saturated rings. The largest absolute Gasteiger partial charge is 0.352 e. The fourth-order valence-electron chi connectivity index (χ4n) is 5.25. The van der Waals surface area contributed by atoms with E-state index >= 15 is 0 Å². The zero-order chi connectivity index (χ0) is 21.0. The Bertz CT molecular complexity index is 594. The molecular weight excluding hydrogens is 364 g/mol.